The molecule has 49 heavy (non-hydrogen) atoms. The number of aliphatic hydroxyl groups excluding tert-OH is 1. The molecule has 284 valence electrons. The number of allylic oxidation sites excluding steroid dienone is 9. The quantitative estimate of drug-likeness (QED) is 0.0346. The molecular weight excluding hydrogens is 631 g/mol. The molecule has 2 unspecified atom stereocenters. The van der Waals surface area contributed by atoms with Crippen molar-refractivity contribution in [2.24, 2.45) is 0 Å². The lowest BCUT2D eigenvalue weighted by Gasteiger charge is -2.21. The zero-order valence-corrected chi connectivity index (χ0v) is 32.4. The molecule has 3 N–H and O–H groups in total. The van der Waals surface area contributed by atoms with Crippen LogP contribution in [-0.4, -0.2) is 41.9 Å². The molecule has 1 amide bonds. The molecule has 0 aromatic carbocycles. The number of hydrogen-bond donors (Lipinski definition) is 3. The molecule has 7 heteroatoms. The molecule has 0 radical (unpaired) electrons. The van der Waals surface area contributed by atoms with Gasteiger partial charge >= 0.3 is 0 Å². The number of carbonyl (C=O) groups excluding carboxylic acids is 1. The van der Waals surface area contributed by atoms with Gasteiger partial charge in [-0.25, -0.2) is 0 Å². The van der Waals surface area contributed by atoms with Gasteiger partial charge in [-0.05, 0) is 77.0 Å². The van der Waals surface area contributed by atoms with Crippen LogP contribution < -0.4 is 5.32 Å². The summed E-state index contributed by atoms with van der Waals surface area (Å²) in [6.07, 6.45) is 49.1. The van der Waals surface area contributed by atoms with Gasteiger partial charge in [-0.3, -0.25) is 9.35 Å². The Kier molecular flexibility index (Phi) is 34.4. The van der Waals surface area contributed by atoms with Crippen molar-refractivity contribution >= 4 is 16.0 Å². The Morgan fingerprint density at radius 2 is 0.939 bits per heavy atom. The molecule has 0 aromatic rings. The third-order valence-electron chi connectivity index (χ3n) is 8.64. The normalized spacial score (nSPS) is 14.0. The van der Waals surface area contributed by atoms with Crippen molar-refractivity contribution in [3.63, 3.8) is 0 Å². The van der Waals surface area contributed by atoms with Crippen LogP contribution in [0.2, 0.25) is 0 Å². The van der Waals surface area contributed by atoms with Crippen LogP contribution in [0.5, 0.6) is 0 Å². The van der Waals surface area contributed by atoms with Crippen LogP contribution in [-0.2, 0) is 14.9 Å². The highest BCUT2D eigenvalue weighted by atomic mass is 32.2. The lowest BCUT2D eigenvalue weighted by atomic mass is 10.1. The number of hydrogen-bond acceptors (Lipinski definition) is 4. The molecule has 0 rings (SSSR count). The van der Waals surface area contributed by atoms with Crippen LogP contribution in [0.1, 0.15) is 181 Å². The molecule has 0 aliphatic heterocycles. The van der Waals surface area contributed by atoms with Gasteiger partial charge in [-0.15, -0.1) is 0 Å². The van der Waals surface area contributed by atoms with Crippen LogP contribution in [0.15, 0.2) is 60.8 Å². The number of unbranched alkanes of at least 4 members (excludes halogenated alkanes) is 19. The van der Waals surface area contributed by atoms with Crippen molar-refractivity contribution in [3.05, 3.63) is 60.8 Å². The van der Waals surface area contributed by atoms with Crippen molar-refractivity contribution in [1.29, 1.82) is 0 Å². The Hall–Kier alpha value is -1.96. The third kappa shape index (κ3) is 37.1. The van der Waals surface area contributed by atoms with E-state index in [2.05, 4.69) is 67.8 Å². The van der Waals surface area contributed by atoms with E-state index in [9.17, 15) is 22.9 Å². The van der Waals surface area contributed by atoms with Gasteiger partial charge in [0.05, 0.1) is 17.9 Å². The fraction of sp³-hybridized carbons (Fsp3) is 0.738. The van der Waals surface area contributed by atoms with Gasteiger partial charge in [0.15, 0.2) is 0 Å². The second-order valence-electron chi connectivity index (χ2n) is 13.5. The molecule has 0 fully saturated rings. The molecule has 0 spiro atoms. The van der Waals surface area contributed by atoms with E-state index in [1.165, 1.54) is 102 Å². The van der Waals surface area contributed by atoms with Gasteiger partial charge in [0.2, 0.25) is 5.91 Å². The monoisotopic (exact) mass is 706 g/mol. The van der Waals surface area contributed by atoms with Gasteiger partial charge < -0.3 is 10.4 Å². The number of rotatable bonds is 35. The van der Waals surface area contributed by atoms with Gasteiger partial charge in [-0.2, -0.15) is 8.42 Å². The van der Waals surface area contributed by atoms with Gasteiger partial charge in [-0.1, -0.05) is 158 Å². The zero-order chi connectivity index (χ0) is 36.1. The summed E-state index contributed by atoms with van der Waals surface area (Å²) in [7, 11) is -4.36. The number of aliphatic hydroxyl groups is 1. The summed E-state index contributed by atoms with van der Waals surface area (Å²) in [5.74, 6) is -1.02. The second kappa shape index (κ2) is 35.9. The Morgan fingerprint density at radius 1 is 0.551 bits per heavy atom. The fourth-order valence-corrected chi connectivity index (χ4v) is 6.36. The van der Waals surface area contributed by atoms with Crippen molar-refractivity contribution in [2.45, 2.75) is 193 Å². The molecule has 2 atom stereocenters. The average Bonchev–Trinajstić information content (AvgIpc) is 3.06. The first-order valence-corrected chi connectivity index (χ1v) is 21.6. The van der Waals surface area contributed by atoms with E-state index in [4.69, 9.17) is 0 Å². The zero-order valence-electron chi connectivity index (χ0n) is 31.5. The molecule has 0 heterocycles. The number of carbonyl (C=O) groups is 1. The number of amides is 1. The Balaban J connectivity index is 4.05. The summed E-state index contributed by atoms with van der Waals surface area (Å²) >= 11 is 0. The average molecular weight is 706 g/mol. The van der Waals surface area contributed by atoms with Crippen molar-refractivity contribution in [1.82, 2.24) is 5.32 Å². The van der Waals surface area contributed by atoms with Crippen molar-refractivity contribution in [3.8, 4) is 0 Å². The summed E-state index contributed by atoms with van der Waals surface area (Å²) in [6, 6.07) is -1.09. The lowest BCUT2D eigenvalue weighted by Crippen LogP contribution is -2.46. The minimum atomic E-state index is -4.36. The summed E-state index contributed by atoms with van der Waals surface area (Å²) < 4.78 is 32.4. The molecule has 6 nitrogen and oxygen atoms in total. The minimum Gasteiger partial charge on any atom is -0.387 e. The first kappa shape index (κ1) is 47.0. The van der Waals surface area contributed by atoms with E-state index in [1.54, 1.807) is 6.08 Å². The smallest absolute Gasteiger partial charge is 0.267 e. The summed E-state index contributed by atoms with van der Waals surface area (Å²) in [5, 5.41) is 13.2. The van der Waals surface area contributed by atoms with E-state index in [0.717, 1.165) is 51.4 Å². The van der Waals surface area contributed by atoms with Crippen molar-refractivity contribution in [2.75, 3.05) is 5.75 Å². The fourth-order valence-electron chi connectivity index (χ4n) is 5.63. The molecule has 0 saturated heterocycles. The van der Waals surface area contributed by atoms with Gasteiger partial charge in [0.25, 0.3) is 10.1 Å². The third-order valence-corrected chi connectivity index (χ3v) is 9.42. The predicted octanol–water partition coefficient (Wildman–Crippen LogP) is 11.7. The molecule has 0 bridgehead atoms. The van der Waals surface area contributed by atoms with Crippen LogP contribution in [0.3, 0.4) is 0 Å². The summed E-state index contributed by atoms with van der Waals surface area (Å²) in [4.78, 5) is 12.5. The highest BCUT2D eigenvalue weighted by molar-refractivity contribution is 7.85. The maximum atomic E-state index is 12.5. The van der Waals surface area contributed by atoms with Gasteiger partial charge in [0.1, 0.15) is 0 Å². The molecule has 0 aliphatic rings. The first-order valence-electron chi connectivity index (χ1n) is 20.0. The lowest BCUT2D eigenvalue weighted by molar-refractivity contribution is -0.122. The summed E-state index contributed by atoms with van der Waals surface area (Å²) in [5.41, 5.74) is 0. The first-order chi connectivity index (χ1) is 23.8. The molecule has 0 aromatic heterocycles. The Morgan fingerprint density at radius 3 is 1.45 bits per heavy atom. The molecule has 0 aliphatic carbocycles. The molecular formula is C42H75NO5S. The SMILES string of the molecule is CCCCC/C=C\C/C=C\CCCCCCCCCC(=O)NC(CS(=O)(=O)O)C(O)/C=C/CC/C=C/CC/C=C/CCCCCCCCC. The predicted molar refractivity (Wildman–Crippen MR) is 211 cm³/mol. The van der Waals surface area contributed by atoms with Crippen LogP contribution in [0, 0.1) is 0 Å². The highest BCUT2D eigenvalue weighted by Gasteiger charge is 2.24. The van der Waals surface area contributed by atoms with Gasteiger partial charge in [0, 0.05) is 6.42 Å². The van der Waals surface area contributed by atoms with Crippen LogP contribution >= 0.6 is 0 Å². The van der Waals surface area contributed by atoms with Crippen LogP contribution in [0.25, 0.3) is 0 Å². The van der Waals surface area contributed by atoms with Crippen molar-refractivity contribution < 1.29 is 22.9 Å². The van der Waals surface area contributed by atoms with E-state index in [-0.39, 0.29) is 12.3 Å². The van der Waals surface area contributed by atoms with E-state index in [1.807, 2.05) is 0 Å². The van der Waals surface area contributed by atoms with E-state index >= 15 is 0 Å². The standard InChI is InChI=1S/C42H75NO5S/c1-3-5-7-9-11-13-15-17-19-21-23-25-27-29-31-33-35-37-41(44)40(39-49(46,47)48)43-42(45)38-36-34-32-30-28-26-24-22-20-18-16-14-12-10-8-6-4-2/h12,14,18-21,27,29,35,37,40-41,44H,3-11,13,15-17,22-26,28,30-34,36,38-39H2,1-2H3,(H,43,45)(H,46,47,48)/b14-12-,20-18-,21-19+,29-27+,37-35+. The second-order valence-corrected chi connectivity index (χ2v) is 15.0. The van der Waals surface area contributed by atoms with Crippen LogP contribution in [0.4, 0.5) is 0 Å². The minimum absolute atomic E-state index is 0.273. The van der Waals surface area contributed by atoms with E-state index in [0.29, 0.717) is 12.8 Å². The molecule has 0 saturated carbocycles. The number of nitrogens with one attached hydrogen (secondary N) is 1. The topological polar surface area (TPSA) is 104 Å². The largest absolute Gasteiger partial charge is 0.387 e. The maximum Gasteiger partial charge on any atom is 0.267 e. The Bertz CT molecular complexity index is 999. The highest BCUT2D eigenvalue weighted by Crippen LogP contribution is 2.12. The maximum absolute atomic E-state index is 12.5. The van der Waals surface area contributed by atoms with E-state index < -0.39 is 28.0 Å². The summed E-state index contributed by atoms with van der Waals surface area (Å²) in [6.45, 7) is 4.48. The Labute approximate surface area is 302 Å².